The predicted octanol–water partition coefficient (Wildman–Crippen LogP) is 3.24. The normalized spacial score (nSPS) is 15.0. The molecule has 1 aliphatic rings. The molecule has 3 nitrogen and oxygen atoms in total. The first-order valence-electron chi connectivity index (χ1n) is 8.95. The number of carbonyl (C=O) groups is 1. The second-order valence-corrected chi connectivity index (χ2v) is 9.24. The fraction of sp³-hybridized carbons (Fsp3) is 0.476. The molecule has 0 heterocycles. The molecule has 0 spiro atoms. The van der Waals surface area contributed by atoms with Crippen LogP contribution in [0.25, 0.3) is 10.8 Å². The summed E-state index contributed by atoms with van der Waals surface area (Å²) < 4.78 is 0. The molecule has 0 radical (unpaired) electrons. The highest BCUT2D eigenvalue weighted by Crippen LogP contribution is 2.37. The molecule has 132 valence electrons. The molecule has 0 unspecified atom stereocenters. The van der Waals surface area contributed by atoms with E-state index in [0.29, 0.717) is 23.9 Å². The highest BCUT2D eigenvalue weighted by molar-refractivity contribution is 6.62. The molecule has 25 heavy (non-hydrogen) atoms. The van der Waals surface area contributed by atoms with E-state index in [9.17, 15) is 14.8 Å². The Bertz CT molecular complexity index is 868. The van der Waals surface area contributed by atoms with Crippen LogP contribution in [0.4, 0.5) is 0 Å². The molecular weight excluding hydrogens is 311 g/mol. The van der Waals surface area contributed by atoms with Gasteiger partial charge in [-0.3, -0.25) is 4.79 Å². The summed E-state index contributed by atoms with van der Waals surface area (Å²) in [6.45, 7) is 12.7. The summed E-state index contributed by atoms with van der Waals surface area (Å²) in [6.07, 6.45) is 1.13. The Labute approximate surface area is 150 Å². The molecule has 2 aromatic rings. The topological polar surface area (TPSA) is 57.5 Å². The molecule has 3 rings (SSSR count). The average Bonchev–Trinajstić information content (AvgIpc) is 2.47. The van der Waals surface area contributed by atoms with Gasteiger partial charge in [-0.2, -0.15) is 0 Å². The molecule has 0 aliphatic heterocycles. The van der Waals surface area contributed by atoms with Gasteiger partial charge in [0.05, 0.1) is 0 Å². The van der Waals surface area contributed by atoms with Gasteiger partial charge < -0.3 is 10.0 Å². The van der Waals surface area contributed by atoms with Crippen LogP contribution < -0.4 is 5.46 Å². The van der Waals surface area contributed by atoms with Crippen molar-refractivity contribution in [2.45, 2.75) is 65.2 Å². The summed E-state index contributed by atoms with van der Waals surface area (Å²) in [4.78, 5) is 12.7. The number of aryl methyl sites for hydroxylation is 1. The van der Waals surface area contributed by atoms with Gasteiger partial charge in [-0.15, -0.1) is 0 Å². The van der Waals surface area contributed by atoms with Crippen LogP contribution in [0.1, 0.15) is 75.0 Å². The van der Waals surface area contributed by atoms with Crippen molar-refractivity contribution in [2.75, 3.05) is 0 Å². The van der Waals surface area contributed by atoms with Crippen molar-refractivity contribution in [3.8, 4) is 0 Å². The summed E-state index contributed by atoms with van der Waals surface area (Å²) in [6, 6.07) is 6.39. The molecule has 0 amide bonds. The van der Waals surface area contributed by atoms with Gasteiger partial charge in [0.15, 0.2) is 5.78 Å². The largest absolute Gasteiger partial charge is 0.489 e. The Balaban J connectivity index is 2.51. The van der Waals surface area contributed by atoms with Gasteiger partial charge in [0.1, 0.15) is 0 Å². The van der Waals surface area contributed by atoms with Crippen molar-refractivity contribution in [3.63, 3.8) is 0 Å². The molecule has 2 N–H and O–H groups in total. The van der Waals surface area contributed by atoms with Crippen LogP contribution in [0.2, 0.25) is 0 Å². The molecule has 1 aliphatic carbocycles. The van der Waals surface area contributed by atoms with Gasteiger partial charge >= 0.3 is 7.12 Å². The van der Waals surface area contributed by atoms with E-state index in [2.05, 4.69) is 32.9 Å². The minimum Gasteiger partial charge on any atom is -0.423 e. The molecule has 4 heteroatoms. The summed E-state index contributed by atoms with van der Waals surface area (Å²) in [5.74, 6) is 0.00945. The van der Waals surface area contributed by atoms with Gasteiger partial charge in [0.2, 0.25) is 0 Å². The third-order valence-corrected chi connectivity index (χ3v) is 5.19. The lowest BCUT2D eigenvalue weighted by Gasteiger charge is -2.30. The van der Waals surface area contributed by atoms with Crippen LogP contribution in [0.5, 0.6) is 0 Å². The van der Waals surface area contributed by atoms with Crippen molar-refractivity contribution in [3.05, 3.63) is 40.5 Å². The van der Waals surface area contributed by atoms with Gasteiger partial charge in [-0.05, 0) is 50.2 Å². The monoisotopic (exact) mass is 338 g/mol. The highest BCUT2D eigenvalue weighted by Gasteiger charge is 2.34. The van der Waals surface area contributed by atoms with Crippen LogP contribution >= 0.6 is 0 Å². The first-order chi connectivity index (χ1) is 11.4. The van der Waals surface area contributed by atoms with Crippen molar-refractivity contribution >= 4 is 29.1 Å². The van der Waals surface area contributed by atoms with Crippen LogP contribution in [-0.2, 0) is 17.3 Å². The minimum atomic E-state index is -1.65. The van der Waals surface area contributed by atoms with Crippen LogP contribution in [-0.4, -0.2) is 22.9 Å². The van der Waals surface area contributed by atoms with Crippen molar-refractivity contribution in [2.24, 2.45) is 0 Å². The van der Waals surface area contributed by atoms with E-state index < -0.39 is 7.12 Å². The SMILES string of the molecule is CC(C)(C)c1cc2c3c(c(B(O)O)c(C(C)(C)C)cc3c1)C(=O)CC2. The van der Waals surface area contributed by atoms with E-state index in [1.165, 1.54) is 5.56 Å². The maximum absolute atomic E-state index is 12.7. The Kier molecular flexibility index (Phi) is 4.13. The maximum atomic E-state index is 12.7. The lowest BCUT2D eigenvalue weighted by molar-refractivity contribution is 0.0982. The molecule has 0 atom stereocenters. The van der Waals surface area contributed by atoms with Crippen LogP contribution in [0, 0.1) is 0 Å². The second kappa shape index (κ2) is 5.68. The molecule has 0 bridgehead atoms. The summed E-state index contributed by atoms with van der Waals surface area (Å²) in [5.41, 5.74) is 3.83. The van der Waals surface area contributed by atoms with Gasteiger partial charge in [-0.1, -0.05) is 59.7 Å². The molecule has 0 fully saturated rings. The van der Waals surface area contributed by atoms with Crippen molar-refractivity contribution in [1.29, 1.82) is 0 Å². The van der Waals surface area contributed by atoms with E-state index >= 15 is 0 Å². The first-order valence-corrected chi connectivity index (χ1v) is 8.95. The highest BCUT2D eigenvalue weighted by atomic mass is 16.4. The molecule has 2 aromatic carbocycles. The number of hydrogen-bond acceptors (Lipinski definition) is 3. The average molecular weight is 338 g/mol. The van der Waals surface area contributed by atoms with E-state index in [0.717, 1.165) is 21.9 Å². The van der Waals surface area contributed by atoms with Gasteiger partial charge in [-0.25, -0.2) is 0 Å². The molecule has 0 saturated heterocycles. The Morgan fingerprint density at radius 3 is 2.08 bits per heavy atom. The smallest absolute Gasteiger partial charge is 0.423 e. The summed E-state index contributed by atoms with van der Waals surface area (Å²) in [5, 5.41) is 22.0. The van der Waals surface area contributed by atoms with Crippen LogP contribution in [0.3, 0.4) is 0 Å². The number of carbonyl (C=O) groups excluding carboxylic acids is 1. The van der Waals surface area contributed by atoms with Gasteiger partial charge in [0, 0.05) is 12.0 Å². The Morgan fingerprint density at radius 1 is 0.920 bits per heavy atom. The number of rotatable bonds is 1. The van der Waals surface area contributed by atoms with E-state index in [4.69, 9.17) is 0 Å². The van der Waals surface area contributed by atoms with Crippen molar-refractivity contribution < 1.29 is 14.8 Å². The molecule has 0 saturated carbocycles. The number of benzene rings is 2. The quantitative estimate of drug-likeness (QED) is 0.785. The summed E-state index contributed by atoms with van der Waals surface area (Å²) in [7, 11) is -1.65. The number of hydrogen-bond donors (Lipinski definition) is 2. The Hall–Kier alpha value is -1.65. The lowest BCUT2D eigenvalue weighted by Crippen LogP contribution is -2.42. The van der Waals surface area contributed by atoms with E-state index in [1.54, 1.807) is 0 Å². The minimum absolute atomic E-state index is 0.00945. The maximum Gasteiger partial charge on any atom is 0.489 e. The summed E-state index contributed by atoms with van der Waals surface area (Å²) >= 11 is 0. The third-order valence-electron chi connectivity index (χ3n) is 5.19. The fourth-order valence-electron chi connectivity index (χ4n) is 3.83. The zero-order chi connectivity index (χ0) is 18.7. The van der Waals surface area contributed by atoms with E-state index in [-0.39, 0.29) is 16.6 Å². The molecule has 0 aromatic heterocycles. The van der Waals surface area contributed by atoms with Gasteiger partial charge in [0.25, 0.3) is 0 Å². The van der Waals surface area contributed by atoms with Crippen LogP contribution in [0.15, 0.2) is 18.2 Å². The fourth-order valence-corrected chi connectivity index (χ4v) is 3.83. The number of Topliss-reactive ketones (excluding diaryl/α,β-unsaturated/α-hetero) is 1. The van der Waals surface area contributed by atoms with Crippen molar-refractivity contribution in [1.82, 2.24) is 0 Å². The molecular formula is C21H27BO3. The third kappa shape index (κ3) is 3.02. The number of ketones is 1. The second-order valence-electron chi connectivity index (χ2n) is 9.24. The standard InChI is InChI=1S/C21H27BO3/c1-20(2,3)14-9-12-7-8-16(23)18-17(12)13(10-14)11-15(21(4,5)6)19(18)22(24)25/h9-11,24-25H,7-8H2,1-6H3. The predicted molar refractivity (Wildman–Crippen MR) is 104 cm³/mol. The zero-order valence-corrected chi connectivity index (χ0v) is 16.0. The van der Waals surface area contributed by atoms with E-state index in [1.807, 2.05) is 26.8 Å². The zero-order valence-electron chi connectivity index (χ0n) is 16.0. The Morgan fingerprint density at radius 2 is 1.56 bits per heavy atom. The lowest BCUT2D eigenvalue weighted by atomic mass is 9.64. The first kappa shape index (κ1) is 18.2.